The molecule has 0 aliphatic carbocycles. The van der Waals surface area contributed by atoms with Gasteiger partial charge in [0.15, 0.2) is 0 Å². The molecule has 1 aliphatic heterocycles. The zero-order chi connectivity index (χ0) is 23.6. The van der Waals surface area contributed by atoms with Crippen molar-refractivity contribution < 1.29 is 17.7 Å². The molecule has 174 valence electrons. The molecule has 2 heterocycles. The van der Waals surface area contributed by atoms with E-state index in [1.165, 1.54) is 16.4 Å². The van der Waals surface area contributed by atoms with Gasteiger partial charge in [-0.25, -0.2) is 8.42 Å². The van der Waals surface area contributed by atoms with E-state index >= 15 is 0 Å². The van der Waals surface area contributed by atoms with Gasteiger partial charge < -0.3 is 9.84 Å². The summed E-state index contributed by atoms with van der Waals surface area (Å²) in [5.41, 5.74) is 2.61. The van der Waals surface area contributed by atoms with Gasteiger partial charge in [0.2, 0.25) is 27.6 Å². The number of nitrogens with one attached hydrogen (secondary N) is 1. The van der Waals surface area contributed by atoms with Crippen LogP contribution >= 0.6 is 11.6 Å². The van der Waals surface area contributed by atoms with E-state index < -0.39 is 15.9 Å². The highest BCUT2D eigenvalue weighted by Gasteiger charge is 2.34. The summed E-state index contributed by atoms with van der Waals surface area (Å²) in [6.07, 6.45) is 1.21. The molecule has 8 nitrogen and oxygen atoms in total. The summed E-state index contributed by atoms with van der Waals surface area (Å²) < 4.78 is 33.2. The minimum atomic E-state index is -3.92. The topological polar surface area (TPSA) is 105 Å². The van der Waals surface area contributed by atoms with Gasteiger partial charge in [-0.1, -0.05) is 46.6 Å². The first-order chi connectivity index (χ1) is 15.7. The standard InChI is InChI=1S/C23H25ClN4O4S/c1-15-5-3-6-17(11-15)13-25-23(29)19-7-4-10-28(14-19)33(30,31)21-12-18(8-9-20(21)24)22-26-16(2)32-27-22/h3,5-6,8-9,11-12,19H,4,7,10,13-14H2,1-2H3,(H,25,29)/t19-/m1/s1. The molecule has 0 saturated carbocycles. The summed E-state index contributed by atoms with van der Waals surface area (Å²) >= 11 is 6.27. The Balaban J connectivity index is 1.49. The molecular formula is C23H25ClN4O4S. The lowest BCUT2D eigenvalue weighted by Crippen LogP contribution is -2.45. The Hall–Kier alpha value is -2.75. The average molecular weight is 489 g/mol. The molecular weight excluding hydrogens is 464 g/mol. The highest BCUT2D eigenvalue weighted by atomic mass is 35.5. The number of nitrogens with zero attached hydrogens (tertiary/aromatic N) is 3. The third-order valence-corrected chi connectivity index (χ3v) is 7.99. The Morgan fingerprint density at radius 3 is 2.79 bits per heavy atom. The van der Waals surface area contributed by atoms with Gasteiger partial charge in [0.05, 0.1) is 10.9 Å². The normalized spacial score (nSPS) is 17.1. The average Bonchev–Trinajstić information content (AvgIpc) is 3.24. The number of rotatable bonds is 6. The largest absolute Gasteiger partial charge is 0.352 e. The number of aromatic nitrogens is 2. The van der Waals surface area contributed by atoms with Crippen LogP contribution in [0.15, 0.2) is 51.9 Å². The number of hydrogen-bond acceptors (Lipinski definition) is 6. The minimum absolute atomic E-state index is 0.0371. The van der Waals surface area contributed by atoms with Crippen LogP contribution in [0.25, 0.3) is 11.4 Å². The number of carbonyl (C=O) groups excluding carboxylic acids is 1. The second kappa shape index (κ2) is 9.62. The fourth-order valence-electron chi connectivity index (χ4n) is 3.93. The fraction of sp³-hybridized carbons (Fsp3) is 0.348. The molecule has 1 saturated heterocycles. The molecule has 3 aromatic rings. The maximum atomic E-state index is 13.4. The molecule has 33 heavy (non-hydrogen) atoms. The SMILES string of the molecule is Cc1cccc(CNC(=O)[C@@H]2CCCN(S(=O)(=O)c3cc(-c4noc(C)n4)ccc3Cl)C2)c1. The van der Waals surface area contributed by atoms with Crippen LogP contribution in [0.1, 0.15) is 29.9 Å². The van der Waals surface area contributed by atoms with Gasteiger partial charge in [-0.3, -0.25) is 4.79 Å². The fourth-order valence-corrected chi connectivity index (χ4v) is 5.95. The first-order valence-electron chi connectivity index (χ1n) is 10.7. The van der Waals surface area contributed by atoms with Crippen LogP contribution in [0.4, 0.5) is 0 Å². The molecule has 1 aromatic heterocycles. The zero-order valence-corrected chi connectivity index (χ0v) is 20.0. The van der Waals surface area contributed by atoms with E-state index in [2.05, 4.69) is 15.5 Å². The summed E-state index contributed by atoms with van der Waals surface area (Å²) in [5.74, 6) is 0.0752. The third kappa shape index (κ3) is 5.26. The van der Waals surface area contributed by atoms with Crippen LogP contribution < -0.4 is 5.32 Å². The van der Waals surface area contributed by atoms with Crippen molar-refractivity contribution in [1.82, 2.24) is 19.8 Å². The molecule has 1 aliphatic rings. The van der Waals surface area contributed by atoms with Crippen LogP contribution in [-0.4, -0.2) is 41.9 Å². The van der Waals surface area contributed by atoms with Crippen molar-refractivity contribution in [1.29, 1.82) is 0 Å². The van der Waals surface area contributed by atoms with Gasteiger partial charge in [-0.05, 0) is 43.5 Å². The number of halogens is 1. The number of amides is 1. The van der Waals surface area contributed by atoms with Crippen molar-refractivity contribution in [3.05, 3.63) is 64.5 Å². The van der Waals surface area contributed by atoms with Crippen LogP contribution in [0.2, 0.25) is 5.02 Å². The quantitative estimate of drug-likeness (QED) is 0.566. The van der Waals surface area contributed by atoms with Gasteiger partial charge >= 0.3 is 0 Å². The predicted octanol–water partition coefficient (Wildman–Crippen LogP) is 3.72. The molecule has 4 rings (SSSR count). The maximum Gasteiger partial charge on any atom is 0.244 e. The smallest absolute Gasteiger partial charge is 0.244 e. The molecule has 1 fully saturated rings. The summed E-state index contributed by atoms with van der Waals surface area (Å²) in [5, 5.41) is 6.89. The highest BCUT2D eigenvalue weighted by molar-refractivity contribution is 7.89. The highest BCUT2D eigenvalue weighted by Crippen LogP contribution is 2.31. The van der Waals surface area contributed by atoms with E-state index in [9.17, 15) is 13.2 Å². The van der Waals surface area contributed by atoms with E-state index in [1.54, 1.807) is 13.0 Å². The van der Waals surface area contributed by atoms with E-state index in [-0.39, 0.29) is 28.2 Å². The molecule has 1 atom stereocenters. The molecule has 1 amide bonds. The van der Waals surface area contributed by atoms with Gasteiger partial charge in [-0.2, -0.15) is 9.29 Å². The Labute approximate surface area is 198 Å². The van der Waals surface area contributed by atoms with Crippen LogP contribution in [0, 0.1) is 19.8 Å². The number of piperidine rings is 1. The maximum absolute atomic E-state index is 13.4. The van der Waals surface area contributed by atoms with Gasteiger partial charge in [0.1, 0.15) is 4.90 Å². The first-order valence-corrected chi connectivity index (χ1v) is 12.5. The molecule has 2 aromatic carbocycles. The second-order valence-corrected chi connectivity index (χ2v) is 10.5. The second-order valence-electron chi connectivity index (χ2n) is 8.19. The zero-order valence-electron chi connectivity index (χ0n) is 18.4. The summed E-state index contributed by atoms with van der Waals surface area (Å²) in [6, 6.07) is 12.5. The number of aryl methyl sites for hydroxylation is 2. The molecule has 1 N–H and O–H groups in total. The summed E-state index contributed by atoms with van der Waals surface area (Å²) in [6.45, 7) is 4.48. The Morgan fingerprint density at radius 1 is 1.24 bits per heavy atom. The van der Waals surface area contributed by atoms with Crippen molar-refractivity contribution >= 4 is 27.5 Å². The Kier molecular flexibility index (Phi) is 6.83. The number of benzene rings is 2. The van der Waals surface area contributed by atoms with Gasteiger partial charge in [0.25, 0.3) is 0 Å². The number of carbonyl (C=O) groups is 1. The molecule has 0 bridgehead atoms. The van der Waals surface area contributed by atoms with Crippen molar-refractivity contribution in [2.75, 3.05) is 13.1 Å². The molecule has 0 spiro atoms. The van der Waals surface area contributed by atoms with E-state index in [4.69, 9.17) is 16.1 Å². The van der Waals surface area contributed by atoms with Gasteiger partial charge in [0, 0.05) is 32.1 Å². The molecule has 0 unspecified atom stereocenters. The van der Waals surface area contributed by atoms with Crippen molar-refractivity contribution in [3.63, 3.8) is 0 Å². The van der Waals surface area contributed by atoms with E-state index in [0.29, 0.717) is 37.4 Å². The van der Waals surface area contributed by atoms with Crippen LogP contribution in [0.5, 0.6) is 0 Å². The Morgan fingerprint density at radius 2 is 2.06 bits per heavy atom. The lowest BCUT2D eigenvalue weighted by molar-refractivity contribution is -0.126. The van der Waals surface area contributed by atoms with Crippen LogP contribution in [-0.2, 0) is 21.4 Å². The predicted molar refractivity (Wildman–Crippen MR) is 124 cm³/mol. The van der Waals surface area contributed by atoms with E-state index in [1.807, 2.05) is 31.2 Å². The molecule has 10 heteroatoms. The lowest BCUT2D eigenvalue weighted by atomic mass is 9.98. The van der Waals surface area contributed by atoms with Crippen molar-refractivity contribution in [2.24, 2.45) is 5.92 Å². The first kappa shape index (κ1) is 23.4. The third-order valence-electron chi connectivity index (χ3n) is 5.64. The lowest BCUT2D eigenvalue weighted by Gasteiger charge is -2.31. The van der Waals surface area contributed by atoms with Crippen LogP contribution in [0.3, 0.4) is 0 Å². The summed E-state index contributed by atoms with van der Waals surface area (Å²) in [7, 11) is -3.92. The van der Waals surface area contributed by atoms with E-state index in [0.717, 1.165) is 11.1 Å². The Bertz CT molecular complexity index is 1270. The monoisotopic (exact) mass is 488 g/mol. The number of sulfonamides is 1. The van der Waals surface area contributed by atoms with Crippen molar-refractivity contribution in [2.45, 2.75) is 38.1 Å². The number of hydrogen-bond donors (Lipinski definition) is 1. The van der Waals surface area contributed by atoms with Crippen molar-refractivity contribution in [3.8, 4) is 11.4 Å². The summed E-state index contributed by atoms with van der Waals surface area (Å²) in [4.78, 5) is 16.9. The molecule has 0 radical (unpaired) electrons. The van der Waals surface area contributed by atoms with Gasteiger partial charge in [-0.15, -0.1) is 0 Å². The minimum Gasteiger partial charge on any atom is -0.352 e.